The molecule has 9 nitrogen and oxygen atoms in total. The van der Waals surface area contributed by atoms with Crippen LogP contribution < -0.4 is 0 Å². The van der Waals surface area contributed by atoms with Gasteiger partial charge in [0.25, 0.3) is 0 Å². The number of rotatable bonds is 7. The first-order chi connectivity index (χ1) is 15.9. The lowest BCUT2D eigenvalue weighted by atomic mass is 9.72. The predicted molar refractivity (Wildman–Crippen MR) is 112 cm³/mol. The highest BCUT2D eigenvalue weighted by molar-refractivity contribution is 5.84. The molecule has 2 aromatic carbocycles. The summed E-state index contributed by atoms with van der Waals surface area (Å²) in [5.74, 6) is -1.12. The van der Waals surface area contributed by atoms with Crippen molar-refractivity contribution in [3.8, 4) is 0 Å². The van der Waals surface area contributed by atoms with Crippen molar-refractivity contribution in [2.24, 2.45) is 0 Å². The maximum Gasteiger partial charge on any atom is 0.344 e. The van der Waals surface area contributed by atoms with Crippen molar-refractivity contribution in [2.75, 3.05) is 13.2 Å². The third kappa shape index (κ3) is 3.66. The summed E-state index contributed by atoms with van der Waals surface area (Å²) in [6.45, 7) is -0.105. The Labute approximate surface area is 190 Å². The zero-order chi connectivity index (χ0) is 23.1. The molecule has 3 fully saturated rings. The predicted octanol–water partition coefficient (Wildman–Crippen LogP) is 0.292. The second-order valence-electron chi connectivity index (χ2n) is 8.52. The molecule has 176 valence electrons. The van der Waals surface area contributed by atoms with E-state index in [9.17, 15) is 20.1 Å². The standard InChI is InChI=1S/C24H26O9/c25-20-19(30-12-16-9-5-2-6-10-16)17-13-32-22(33-17)24(20,28)23(27)18(14-31-21(23)26)29-11-15-7-3-1-4-8-15/h1-10,17-20,22,25,27-28H,11-14H2/t17-,18+,19+,20+,22-,23+,24+/m1/s1. The number of carbonyl (C=O) groups excluding carboxylic acids is 1. The van der Waals surface area contributed by atoms with Gasteiger partial charge in [0, 0.05) is 0 Å². The van der Waals surface area contributed by atoms with E-state index in [2.05, 4.69) is 0 Å². The Morgan fingerprint density at radius 2 is 1.52 bits per heavy atom. The first-order valence-electron chi connectivity index (χ1n) is 10.8. The fourth-order valence-corrected chi connectivity index (χ4v) is 4.66. The van der Waals surface area contributed by atoms with Crippen LogP contribution in [-0.2, 0) is 41.7 Å². The van der Waals surface area contributed by atoms with Crippen LogP contribution in [0.15, 0.2) is 60.7 Å². The minimum Gasteiger partial charge on any atom is -0.460 e. The monoisotopic (exact) mass is 458 g/mol. The summed E-state index contributed by atoms with van der Waals surface area (Å²) in [6, 6.07) is 18.4. The Hall–Kier alpha value is -2.37. The SMILES string of the molecule is O=C1OC[C@H](OCc2ccccc2)[C@@]1(O)[C@@]1(O)[C@@H]2OC[C@@H](O2)[C@H](OCc2ccccc2)[C@@H]1O. The van der Waals surface area contributed by atoms with Gasteiger partial charge in [0.15, 0.2) is 11.9 Å². The lowest BCUT2D eigenvalue weighted by molar-refractivity contribution is -0.342. The average molecular weight is 458 g/mol. The number of ether oxygens (including phenoxy) is 5. The van der Waals surface area contributed by atoms with Crippen LogP contribution >= 0.6 is 0 Å². The van der Waals surface area contributed by atoms with Crippen LogP contribution in [0.1, 0.15) is 11.1 Å². The van der Waals surface area contributed by atoms with Gasteiger partial charge in [-0.05, 0) is 11.1 Å². The van der Waals surface area contributed by atoms with Gasteiger partial charge in [0.1, 0.15) is 31.0 Å². The normalized spacial score (nSPS) is 37.8. The number of hydrogen-bond acceptors (Lipinski definition) is 9. The minimum atomic E-state index is -2.64. The second-order valence-corrected chi connectivity index (χ2v) is 8.52. The van der Waals surface area contributed by atoms with Gasteiger partial charge >= 0.3 is 5.97 Å². The third-order valence-electron chi connectivity index (χ3n) is 6.53. The molecule has 33 heavy (non-hydrogen) atoms. The molecule has 0 unspecified atom stereocenters. The molecule has 3 heterocycles. The molecule has 7 atom stereocenters. The Kier molecular flexibility index (Phi) is 5.96. The van der Waals surface area contributed by atoms with E-state index >= 15 is 0 Å². The van der Waals surface area contributed by atoms with Crippen LogP contribution in [0.2, 0.25) is 0 Å². The van der Waals surface area contributed by atoms with Gasteiger partial charge in [-0.25, -0.2) is 4.79 Å². The van der Waals surface area contributed by atoms with E-state index < -0.39 is 47.9 Å². The van der Waals surface area contributed by atoms with Crippen molar-refractivity contribution in [1.29, 1.82) is 0 Å². The van der Waals surface area contributed by atoms with Crippen LogP contribution in [0.4, 0.5) is 0 Å². The number of aliphatic hydroxyl groups excluding tert-OH is 1. The summed E-state index contributed by atoms with van der Waals surface area (Å²) >= 11 is 0. The molecule has 3 N–H and O–H groups in total. The van der Waals surface area contributed by atoms with E-state index in [1.807, 2.05) is 60.7 Å². The molecule has 2 bridgehead atoms. The first kappa shape index (κ1) is 22.4. The molecular formula is C24H26O9. The Balaban J connectivity index is 1.40. The Morgan fingerprint density at radius 3 is 2.15 bits per heavy atom. The highest BCUT2D eigenvalue weighted by atomic mass is 16.8. The van der Waals surface area contributed by atoms with Gasteiger partial charge in [0.2, 0.25) is 5.60 Å². The van der Waals surface area contributed by atoms with Crippen molar-refractivity contribution in [2.45, 2.75) is 55.1 Å². The Bertz CT molecular complexity index is 970. The van der Waals surface area contributed by atoms with E-state index in [-0.39, 0.29) is 26.4 Å². The van der Waals surface area contributed by atoms with Crippen LogP contribution in [0.3, 0.4) is 0 Å². The molecule has 3 saturated heterocycles. The maximum absolute atomic E-state index is 12.8. The first-order valence-corrected chi connectivity index (χ1v) is 10.8. The molecule has 0 radical (unpaired) electrons. The second kappa shape index (κ2) is 8.77. The topological polar surface area (TPSA) is 124 Å². The zero-order valence-corrected chi connectivity index (χ0v) is 17.8. The fourth-order valence-electron chi connectivity index (χ4n) is 4.66. The van der Waals surface area contributed by atoms with Crippen LogP contribution in [0, 0.1) is 0 Å². The van der Waals surface area contributed by atoms with Crippen molar-refractivity contribution < 1.29 is 43.8 Å². The van der Waals surface area contributed by atoms with Crippen molar-refractivity contribution in [3.63, 3.8) is 0 Å². The van der Waals surface area contributed by atoms with E-state index in [1.165, 1.54) is 0 Å². The number of esters is 1. The smallest absolute Gasteiger partial charge is 0.344 e. The van der Waals surface area contributed by atoms with Crippen molar-refractivity contribution >= 4 is 5.97 Å². The largest absolute Gasteiger partial charge is 0.460 e. The van der Waals surface area contributed by atoms with Gasteiger partial charge in [-0.3, -0.25) is 0 Å². The lowest BCUT2D eigenvalue weighted by Crippen LogP contribution is -2.77. The highest BCUT2D eigenvalue weighted by Gasteiger charge is 2.76. The molecule has 0 aromatic heterocycles. The molecule has 0 amide bonds. The summed E-state index contributed by atoms with van der Waals surface area (Å²) in [7, 11) is 0. The zero-order valence-electron chi connectivity index (χ0n) is 17.8. The summed E-state index contributed by atoms with van der Waals surface area (Å²) < 4.78 is 28.0. The minimum absolute atomic E-state index is 0.0180. The highest BCUT2D eigenvalue weighted by Crippen LogP contribution is 2.47. The molecule has 3 aliphatic heterocycles. The quantitative estimate of drug-likeness (QED) is 0.502. The molecule has 9 heteroatoms. The molecular weight excluding hydrogens is 432 g/mol. The Morgan fingerprint density at radius 1 is 0.909 bits per heavy atom. The van der Waals surface area contributed by atoms with Gasteiger partial charge < -0.3 is 39.0 Å². The van der Waals surface area contributed by atoms with Gasteiger partial charge in [-0.15, -0.1) is 0 Å². The fraction of sp³-hybridized carbons (Fsp3) is 0.458. The lowest BCUT2D eigenvalue weighted by Gasteiger charge is -2.50. The van der Waals surface area contributed by atoms with E-state index in [0.29, 0.717) is 0 Å². The third-order valence-corrected chi connectivity index (χ3v) is 6.53. The van der Waals surface area contributed by atoms with E-state index in [0.717, 1.165) is 11.1 Å². The molecule has 5 rings (SSSR count). The molecule has 2 aromatic rings. The number of aliphatic hydroxyl groups is 3. The number of fused-ring (bicyclic) bond motifs is 2. The summed E-state index contributed by atoms with van der Waals surface area (Å²) in [6.07, 6.45) is -6.21. The maximum atomic E-state index is 12.8. The molecule has 0 saturated carbocycles. The van der Waals surface area contributed by atoms with Crippen molar-refractivity contribution in [3.05, 3.63) is 71.8 Å². The van der Waals surface area contributed by atoms with Crippen LogP contribution in [0.5, 0.6) is 0 Å². The number of hydrogen-bond donors (Lipinski definition) is 3. The van der Waals surface area contributed by atoms with Gasteiger partial charge in [-0.1, -0.05) is 60.7 Å². The van der Waals surface area contributed by atoms with Gasteiger partial charge in [-0.2, -0.15) is 0 Å². The van der Waals surface area contributed by atoms with E-state index in [1.54, 1.807) is 0 Å². The van der Waals surface area contributed by atoms with E-state index in [4.69, 9.17) is 23.7 Å². The summed E-state index contributed by atoms with van der Waals surface area (Å²) in [4.78, 5) is 12.8. The molecule has 0 spiro atoms. The molecule has 0 aliphatic carbocycles. The van der Waals surface area contributed by atoms with Crippen LogP contribution in [-0.4, -0.2) is 76.4 Å². The molecule has 3 aliphatic rings. The number of benzene rings is 2. The number of cyclic esters (lactones) is 1. The average Bonchev–Trinajstić information content (AvgIpc) is 3.42. The summed E-state index contributed by atoms with van der Waals surface area (Å²) in [5, 5.41) is 34.5. The van der Waals surface area contributed by atoms with Crippen LogP contribution in [0.25, 0.3) is 0 Å². The summed E-state index contributed by atoms with van der Waals surface area (Å²) in [5.41, 5.74) is -3.59. The van der Waals surface area contributed by atoms with Gasteiger partial charge in [0.05, 0.1) is 19.8 Å². The van der Waals surface area contributed by atoms with Crippen molar-refractivity contribution in [1.82, 2.24) is 0 Å². The number of carbonyl (C=O) groups is 1.